The summed E-state index contributed by atoms with van der Waals surface area (Å²) in [4.78, 5) is 3.93. The van der Waals surface area contributed by atoms with Gasteiger partial charge in [-0.3, -0.25) is 4.98 Å². The lowest BCUT2D eigenvalue weighted by Gasteiger charge is -1.96. The highest BCUT2D eigenvalue weighted by Gasteiger charge is 1.89. The SMILES string of the molecule is C/C=C(/C)c1ccncc1. The average Bonchev–Trinajstić information content (AvgIpc) is 2.05. The first kappa shape index (κ1) is 7.00. The summed E-state index contributed by atoms with van der Waals surface area (Å²) in [6.45, 7) is 4.13. The minimum absolute atomic E-state index is 1.25. The Morgan fingerprint density at radius 3 is 2.50 bits per heavy atom. The monoisotopic (exact) mass is 133 g/mol. The number of hydrogen-bond donors (Lipinski definition) is 0. The van der Waals surface area contributed by atoms with Crippen molar-refractivity contribution in [3.05, 3.63) is 36.2 Å². The number of pyridine rings is 1. The van der Waals surface area contributed by atoms with Gasteiger partial charge in [0.2, 0.25) is 0 Å². The van der Waals surface area contributed by atoms with E-state index in [1.165, 1.54) is 11.1 Å². The van der Waals surface area contributed by atoms with Gasteiger partial charge in [0.1, 0.15) is 0 Å². The van der Waals surface area contributed by atoms with E-state index >= 15 is 0 Å². The molecule has 0 saturated carbocycles. The molecule has 10 heavy (non-hydrogen) atoms. The average molecular weight is 133 g/mol. The molecule has 1 aromatic rings. The largest absolute Gasteiger partial charge is 0.265 e. The van der Waals surface area contributed by atoms with Crippen LogP contribution in [0.1, 0.15) is 19.4 Å². The summed E-state index contributed by atoms with van der Waals surface area (Å²) in [5.74, 6) is 0. The molecule has 0 amide bonds. The summed E-state index contributed by atoms with van der Waals surface area (Å²) >= 11 is 0. The summed E-state index contributed by atoms with van der Waals surface area (Å²) in [7, 11) is 0. The van der Waals surface area contributed by atoms with Gasteiger partial charge in [0.15, 0.2) is 0 Å². The van der Waals surface area contributed by atoms with Gasteiger partial charge in [0.25, 0.3) is 0 Å². The molecular weight excluding hydrogens is 122 g/mol. The zero-order valence-electron chi connectivity index (χ0n) is 6.33. The lowest BCUT2D eigenvalue weighted by Crippen LogP contribution is -1.77. The number of nitrogens with zero attached hydrogens (tertiary/aromatic N) is 1. The summed E-state index contributed by atoms with van der Waals surface area (Å²) in [6, 6.07) is 4.02. The maximum Gasteiger partial charge on any atom is 0.0273 e. The summed E-state index contributed by atoms with van der Waals surface area (Å²) < 4.78 is 0. The van der Waals surface area contributed by atoms with E-state index in [4.69, 9.17) is 0 Å². The van der Waals surface area contributed by atoms with Crippen molar-refractivity contribution in [2.45, 2.75) is 13.8 Å². The summed E-state index contributed by atoms with van der Waals surface area (Å²) in [6.07, 6.45) is 5.71. The van der Waals surface area contributed by atoms with Gasteiger partial charge in [-0.15, -0.1) is 0 Å². The minimum atomic E-state index is 1.25. The van der Waals surface area contributed by atoms with Crippen LogP contribution in [-0.4, -0.2) is 4.98 Å². The number of allylic oxidation sites excluding steroid dienone is 2. The van der Waals surface area contributed by atoms with Gasteiger partial charge in [-0.25, -0.2) is 0 Å². The van der Waals surface area contributed by atoms with Gasteiger partial charge in [0.05, 0.1) is 0 Å². The van der Waals surface area contributed by atoms with Crippen molar-refractivity contribution < 1.29 is 0 Å². The lowest BCUT2D eigenvalue weighted by molar-refractivity contribution is 1.31. The van der Waals surface area contributed by atoms with E-state index in [1.54, 1.807) is 0 Å². The van der Waals surface area contributed by atoms with Crippen LogP contribution in [0.2, 0.25) is 0 Å². The number of rotatable bonds is 1. The van der Waals surface area contributed by atoms with Gasteiger partial charge in [0, 0.05) is 12.4 Å². The Bertz CT molecular complexity index is 224. The minimum Gasteiger partial charge on any atom is -0.265 e. The molecule has 0 aromatic carbocycles. The number of hydrogen-bond acceptors (Lipinski definition) is 1. The molecule has 0 aliphatic heterocycles. The maximum absolute atomic E-state index is 3.93. The molecule has 0 N–H and O–H groups in total. The van der Waals surface area contributed by atoms with E-state index in [0.717, 1.165) is 0 Å². The third kappa shape index (κ3) is 1.44. The highest BCUT2D eigenvalue weighted by molar-refractivity contribution is 5.62. The topological polar surface area (TPSA) is 12.9 Å². The van der Waals surface area contributed by atoms with Crippen molar-refractivity contribution in [3.63, 3.8) is 0 Å². The molecule has 1 nitrogen and oxygen atoms in total. The van der Waals surface area contributed by atoms with Crippen molar-refractivity contribution in [3.8, 4) is 0 Å². The van der Waals surface area contributed by atoms with Gasteiger partial charge >= 0.3 is 0 Å². The van der Waals surface area contributed by atoms with E-state index in [-0.39, 0.29) is 0 Å². The van der Waals surface area contributed by atoms with E-state index in [2.05, 4.69) is 18.0 Å². The highest BCUT2D eigenvalue weighted by Crippen LogP contribution is 2.10. The standard InChI is InChI=1S/C9H11N/c1-3-8(2)9-4-6-10-7-5-9/h3-7H,1-2H3/b8-3-. The van der Waals surface area contributed by atoms with Crippen LogP contribution in [0.4, 0.5) is 0 Å². The van der Waals surface area contributed by atoms with Gasteiger partial charge < -0.3 is 0 Å². The van der Waals surface area contributed by atoms with Gasteiger partial charge in [-0.2, -0.15) is 0 Å². The van der Waals surface area contributed by atoms with Crippen LogP contribution < -0.4 is 0 Å². The quantitative estimate of drug-likeness (QED) is 0.573. The summed E-state index contributed by atoms with van der Waals surface area (Å²) in [5, 5.41) is 0. The van der Waals surface area contributed by atoms with E-state index in [9.17, 15) is 0 Å². The van der Waals surface area contributed by atoms with Crippen LogP contribution in [0.3, 0.4) is 0 Å². The number of aromatic nitrogens is 1. The molecule has 0 aliphatic rings. The molecule has 1 rings (SSSR count). The molecule has 0 aliphatic carbocycles. The zero-order chi connectivity index (χ0) is 7.40. The van der Waals surface area contributed by atoms with Crippen LogP contribution in [0.25, 0.3) is 5.57 Å². The van der Waals surface area contributed by atoms with E-state index < -0.39 is 0 Å². The van der Waals surface area contributed by atoms with Crippen molar-refractivity contribution in [2.24, 2.45) is 0 Å². The Kier molecular flexibility index (Phi) is 2.21. The van der Waals surface area contributed by atoms with Crippen molar-refractivity contribution in [2.75, 3.05) is 0 Å². The molecule has 0 atom stereocenters. The third-order valence-corrected chi connectivity index (χ3v) is 1.57. The summed E-state index contributed by atoms with van der Waals surface area (Å²) in [5.41, 5.74) is 2.54. The molecule has 1 aromatic heterocycles. The zero-order valence-corrected chi connectivity index (χ0v) is 6.33. The molecule has 1 heteroatoms. The van der Waals surface area contributed by atoms with Crippen LogP contribution in [-0.2, 0) is 0 Å². The molecule has 52 valence electrons. The van der Waals surface area contributed by atoms with E-state index in [0.29, 0.717) is 0 Å². The first-order valence-electron chi connectivity index (χ1n) is 3.38. The maximum atomic E-state index is 3.93. The highest BCUT2D eigenvalue weighted by atomic mass is 14.6. The second-order valence-corrected chi connectivity index (χ2v) is 2.21. The first-order valence-corrected chi connectivity index (χ1v) is 3.38. The molecule has 0 fully saturated rings. The molecule has 0 radical (unpaired) electrons. The van der Waals surface area contributed by atoms with E-state index in [1.807, 2.05) is 31.5 Å². The smallest absolute Gasteiger partial charge is 0.0273 e. The Morgan fingerprint density at radius 1 is 1.40 bits per heavy atom. The Morgan fingerprint density at radius 2 is 2.00 bits per heavy atom. The molecule has 0 spiro atoms. The van der Waals surface area contributed by atoms with Crippen LogP contribution in [0.15, 0.2) is 30.6 Å². The van der Waals surface area contributed by atoms with Gasteiger partial charge in [-0.05, 0) is 37.1 Å². The normalized spacial score (nSPS) is 11.6. The van der Waals surface area contributed by atoms with Gasteiger partial charge in [-0.1, -0.05) is 6.08 Å². The van der Waals surface area contributed by atoms with Crippen molar-refractivity contribution >= 4 is 5.57 Å². The Hall–Kier alpha value is -1.11. The predicted molar refractivity (Wildman–Crippen MR) is 43.6 cm³/mol. The fourth-order valence-corrected chi connectivity index (χ4v) is 0.781. The van der Waals surface area contributed by atoms with Crippen LogP contribution in [0.5, 0.6) is 0 Å². The third-order valence-electron chi connectivity index (χ3n) is 1.57. The second-order valence-electron chi connectivity index (χ2n) is 2.21. The van der Waals surface area contributed by atoms with Crippen molar-refractivity contribution in [1.29, 1.82) is 0 Å². The Labute approximate surface area is 61.4 Å². The molecule has 0 unspecified atom stereocenters. The molecular formula is C9H11N. The molecule has 0 bridgehead atoms. The van der Waals surface area contributed by atoms with Crippen LogP contribution >= 0.6 is 0 Å². The Balaban J connectivity index is 2.96. The predicted octanol–water partition coefficient (Wildman–Crippen LogP) is 2.50. The van der Waals surface area contributed by atoms with Crippen LogP contribution in [0, 0.1) is 0 Å². The second kappa shape index (κ2) is 3.16. The molecule has 1 heterocycles. The fraction of sp³-hybridized carbons (Fsp3) is 0.222. The molecule has 0 saturated heterocycles. The fourth-order valence-electron chi connectivity index (χ4n) is 0.781. The first-order chi connectivity index (χ1) is 4.84. The van der Waals surface area contributed by atoms with Crippen molar-refractivity contribution in [1.82, 2.24) is 4.98 Å². The lowest BCUT2D eigenvalue weighted by atomic mass is 10.1.